The van der Waals surface area contributed by atoms with E-state index in [0.717, 1.165) is 24.8 Å². The van der Waals surface area contributed by atoms with E-state index in [1.54, 1.807) is 0 Å². The van der Waals surface area contributed by atoms with Crippen molar-refractivity contribution in [1.29, 1.82) is 0 Å². The van der Waals surface area contributed by atoms with Gasteiger partial charge in [0, 0.05) is 12.1 Å². The van der Waals surface area contributed by atoms with Crippen molar-refractivity contribution in [2.24, 2.45) is 5.92 Å². The van der Waals surface area contributed by atoms with E-state index < -0.39 is 0 Å². The molecule has 0 spiro atoms. The van der Waals surface area contributed by atoms with Gasteiger partial charge in [0.05, 0.1) is 6.10 Å². The minimum Gasteiger partial charge on any atom is -0.393 e. The van der Waals surface area contributed by atoms with Gasteiger partial charge in [-0.2, -0.15) is 0 Å². The Hall–Kier alpha value is -0.0800. The molecule has 2 fully saturated rings. The lowest BCUT2D eigenvalue weighted by Crippen LogP contribution is -2.46. The first-order valence-corrected chi connectivity index (χ1v) is 7.23. The van der Waals surface area contributed by atoms with Crippen LogP contribution in [0.4, 0.5) is 0 Å². The highest BCUT2D eigenvalue weighted by Crippen LogP contribution is 2.28. The fourth-order valence-corrected chi connectivity index (χ4v) is 3.53. The number of rotatable bonds is 3. The molecule has 0 amide bonds. The third-order valence-electron chi connectivity index (χ3n) is 4.53. The average Bonchev–Trinajstić information content (AvgIpc) is 2.30. The van der Waals surface area contributed by atoms with Gasteiger partial charge in [0.2, 0.25) is 0 Å². The zero-order valence-electron chi connectivity index (χ0n) is 10.6. The monoisotopic (exact) mass is 225 g/mol. The van der Waals surface area contributed by atoms with E-state index in [1.807, 2.05) is 0 Å². The highest BCUT2D eigenvalue weighted by Gasteiger charge is 2.28. The number of aliphatic hydroxyl groups is 1. The van der Waals surface area contributed by atoms with Gasteiger partial charge in [-0.1, -0.05) is 26.2 Å². The fourth-order valence-electron chi connectivity index (χ4n) is 3.53. The Morgan fingerprint density at radius 1 is 1.06 bits per heavy atom. The van der Waals surface area contributed by atoms with Gasteiger partial charge >= 0.3 is 0 Å². The molecule has 2 rings (SSSR count). The molecule has 0 aromatic heterocycles. The second-order valence-corrected chi connectivity index (χ2v) is 5.74. The number of hydrogen-bond donors (Lipinski definition) is 2. The van der Waals surface area contributed by atoms with E-state index in [9.17, 15) is 5.11 Å². The van der Waals surface area contributed by atoms with E-state index in [0.29, 0.717) is 6.04 Å². The van der Waals surface area contributed by atoms with Gasteiger partial charge in [0.25, 0.3) is 0 Å². The summed E-state index contributed by atoms with van der Waals surface area (Å²) < 4.78 is 0. The first kappa shape index (κ1) is 12.4. The molecule has 2 nitrogen and oxygen atoms in total. The second-order valence-electron chi connectivity index (χ2n) is 5.74. The molecule has 2 aliphatic rings. The standard InChI is InChI=1S/C14H27NO/c1-2-11-6-3-4-9-14(11)15-12-7-5-8-13(16)10-12/h11-16H,2-10H2,1H3. The summed E-state index contributed by atoms with van der Waals surface area (Å²) in [5, 5.41) is 13.5. The topological polar surface area (TPSA) is 32.3 Å². The first-order chi connectivity index (χ1) is 7.79. The lowest BCUT2D eigenvalue weighted by atomic mass is 9.81. The molecule has 2 aliphatic carbocycles. The Morgan fingerprint density at radius 2 is 1.88 bits per heavy atom. The molecule has 4 unspecified atom stereocenters. The van der Waals surface area contributed by atoms with Crippen LogP contribution in [0.25, 0.3) is 0 Å². The maximum absolute atomic E-state index is 9.69. The summed E-state index contributed by atoms with van der Waals surface area (Å²) >= 11 is 0. The highest BCUT2D eigenvalue weighted by molar-refractivity contribution is 4.86. The molecule has 0 saturated heterocycles. The molecule has 4 atom stereocenters. The van der Waals surface area contributed by atoms with Crippen LogP contribution >= 0.6 is 0 Å². The van der Waals surface area contributed by atoms with Crippen LogP contribution in [0, 0.1) is 5.92 Å². The Morgan fingerprint density at radius 3 is 2.62 bits per heavy atom. The summed E-state index contributed by atoms with van der Waals surface area (Å²) in [6, 6.07) is 1.31. The number of nitrogens with one attached hydrogen (secondary N) is 1. The Bertz CT molecular complexity index is 207. The lowest BCUT2D eigenvalue weighted by molar-refractivity contribution is 0.101. The summed E-state index contributed by atoms with van der Waals surface area (Å²) in [5.41, 5.74) is 0. The predicted octanol–water partition coefficient (Wildman–Crippen LogP) is 2.85. The normalized spacial score (nSPS) is 40.9. The lowest BCUT2D eigenvalue weighted by Gasteiger charge is -2.37. The van der Waals surface area contributed by atoms with E-state index in [2.05, 4.69) is 12.2 Å². The van der Waals surface area contributed by atoms with Crippen molar-refractivity contribution in [3.05, 3.63) is 0 Å². The molecule has 94 valence electrons. The minimum atomic E-state index is -0.0464. The number of aliphatic hydroxyl groups excluding tert-OH is 1. The third-order valence-corrected chi connectivity index (χ3v) is 4.53. The molecule has 0 radical (unpaired) electrons. The Kier molecular flexibility index (Phi) is 4.66. The molecule has 0 heterocycles. The summed E-state index contributed by atoms with van der Waals surface area (Å²) in [5.74, 6) is 0.882. The van der Waals surface area contributed by atoms with Gasteiger partial charge in [-0.3, -0.25) is 0 Å². The van der Waals surface area contributed by atoms with Crippen molar-refractivity contribution in [2.45, 2.75) is 82.9 Å². The minimum absolute atomic E-state index is 0.0464. The summed E-state index contributed by atoms with van der Waals surface area (Å²) in [6.07, 6.45) is 11.3. The van der Waals surface area contributed by atoms with Crippen LogP contribution in [0.15, 0.2) is 0 Å². The molecule has 0 aromatic rings. The maximum Gasteiger partial charge on any atom is 0.0555 e. The Balaban J connectivity index is 1.82. The van der Waals surface area contributed by atoms with Crippen molar-refractivity contribution in [3.63, 3.8) is 0 Å². The Labute approximate surface area is 99.8 Å². The molecule has 0 aromatic carbocycles. The summed E-state index contributed by atoms with van der Waals surface area (Å²) in [6.45, 7) is 2.32. The van der Waals surface area contributed by atoms with E-state index >= 15 is 0 Å². The highest BCUT2D eigenvalue weighted by atomic mass is 16.3. The van der Waals surface area contributed by atoms with Crippen molar-refractivity contribution < 1.29 is 5.11 Å². The van der Waals surface area contributed by atoms with E-state index in [1.165, 1.54) is 44.9 Å². The van der Waals surface area contributed by atoms with Crippen LogP contribution in [-0.2, 0) is 0 Å². The summed E-state index contributed by atoms with van der Waals surface area (Å²) in [7, 11) is 0. The van der Waals surface area contributed by atoms with Crippen LogP contribution in [-0.4, -0.2) is 23.3 Å². The van der Waals surface area contributed by atoms with Gasteiger partial charge in [-0.25, -0.2) is 0 Å². The molecular weight excluding hydrogens is 198 g/mol. The van der Waals surface area contributed by atoms with Crippen LogP contribution in [0.1, 0.15) is 64.7 Å². The molecule has 0 aliphatic heterocycles. The SMILES string of the molecule is CCC1CCCCC1NC1CCCC(O)C1. The molecule has 0 bridgehead atoms. The largest absolute Gasteiger partial charge is 0.393 e. The van der Waals surface area contributed by atoms with Crippen LogP contribution in [0.3, 0.4) is 0 Å². The van der Waals surface area contributed by atoms with Crippen molar-refractivity contribution >= 4 is 0 Å². The van der Waals surface area contributed by atoms with Crippen molar-refractivity contribution in [1.82, 2.24) is 5.32 Å². The van der Waals surface area contributed by atoms with Crippen LogP contribution < -0.4 is 5.32 Å². The molecule has 2 saturated carbocycles. The van der Waals surface area contributed by atoms with E-state index in [4.69, 9.17) is 0 Å². The fraction of sp³-hybridized carbons (Fsp3) is 1.00. The summed E-state index contributed by atoms with van der Waals surface area (Å²) in [4.78, 5) is 0. The van der Waals surface area contributed by atoms with Gasteiger partial charge in [-0.05, 0) is 44.4 Å². The van der Waals surface area contributed by atoms with Gasteiger partial charge in [-0.15, -0.1) is 0 Å². The third kappa shape index (κ3) is 3.21. The van der Waals surface area contributed by atoms with Gasteiger partial charge in [0.1, 0.15) is 0 Å². The average molecular weight is 225 g/mol. The van der Waals surface area contributed by atoms with Gasteiger partial charge in [0.15, 0.2) is 0 Å². The van der Waals surface area contributed by atoms with Crippen LogP contribution in [0.5, 0.6) is 0 Å². The van der Waals surface area contributed by atoms with Crippen LogP contribution in [0.2, 0.25) is 0 Å². The number of hydrogen-bond acceptors (Lipinski definition) is 2. The van der Waals surface area contributed by atoms with Gasteiger partial charge < -0.3 is 10.4 Å². The van der Waals surface area contributed by atoms with Crippen molar-refractivity contribution in [3.8, 4) is 0 Å². The second kappa shape index (κ2) is 6.02. The zero-order valence-corrected chi connectivity index (χ0v) is 10.6. The molecule has 2 heteroatoms. The van der Waals surface area contributed by atoms with Crippen molar-refractivity contribution in [2.75, 3.05) is 0 Å². The maximum atomic E-state index is 9.69. The van der Waals surface area contributed by atoms with E-state index in [-0.39, 0.29) is 6.10 Å². The molecule has 2 N–H and O–H groups in total. The molecule has 16 heavy (non-hydrogen) atoms. The zero-order chi connectivity index (χ0) is 11.4. The molecular formula is C14H27NO. The quantitative estimate of drug-likeness (QED) is 0.774. The predicted molar refractivity (Wildman–Crippen MR) is 67.4 cm³/mol. The smallest absolute Gasteiger partial charge is 0.0555 e. The first-order valence-electron chi connectivity index (χ1n) is 7.23.